The van der Waals surface area contributed by atoms with Crippen molar-refractivity contribution >= 4 is 0 Å². The first-order valence-electron chi connectivity index (χ1n) is 7.61. The molecule has 110 valence electrons. The molecule has 4 heteroatoms. The fraction of sp³-hybridized carbons (Fsp3) is 0.412. The molecule has 0 aliphatic heterocycles. The summed E-state index contributed by atoms with van der Waals surface area (Å²) in [4.78, 5) is 8.78. The summed E-state index contributed by atoms with van der Waals surface area (Å²) in [6.45, 7) is 0.832. The smallest absolute Gasteiger partial charge is 0.225 e. The van der Waals surface area contributed by atoms with Crippen molar-refractivity contribution in [3.8, 4) is 11.6 Å². The Hall–Kier alpha value is -1.94. The van der Waals surface area contributed by atoms with Gasteiger partial charge >= 0.3 is 0 Å². The van der Waals surface area contributed by atoms with Gasteiger partial charge in [0.2, 0.25) is 5.88 Å². The van der Waals surface area contributed by atoms with Crippen LogP contribution in [0.1, 0.15) is 36.1 Å². The van der Waals surface area contributed by atoms with Gasteiger partial charge in [0.05, 0.1) is 5.69 Å². The van der Waals surface area contributed by atoms with Gasteiger partial charge in [-0.1, -0.05) is 18.6 Å². The third-order valence-corrected chi connectivity index (χ3v) is 3.83. The molecule has 3 rings (SSSR count). The van der Waals surface area contributed by atoms with E-state index in [2.05, 4.69) is 27.4 Å². The Labute approximate surface area is 125 Å². The molecule has 1 aromatic carbocycles. The van der Waals surface area contributed by atoms with Crippen molar-refractivity contribution in [3.05, 3.63) is 47.4 Å². The molecule has 0 atom stereocenters. The number of nitrogens with zero attached hydrogens (tertiary/aromatic N) is 2. The minimum absolute atomic E-state index is 0.725. The van der Waals surface area contributed by atoms with Crippen molar-refractivity contribution in [2.24, 2.45) is 0 Å². The fourth-order valence-electron chi connectivity index (χ4n) is 2.79. The molecule has 1 heterocycles. The van der Waals surface area contributed by atoms with Crippen LogP contribution < -0.4 is 10.1 Å². The van der Waals surface area contributed by atoms with E-state index >= 15 is 0 Å². The van der Waals surface area contributed by atoms with Crippen LogP contribution >= 0.6 is 0 Å². The molecule has 1 aliphatic carbocycles. The van der Waals surface area contributed by atoms with E-state index in [4.69, 9.17) is 4.74 Å². The number of hydrogen-bond acceptors (Lipinski definition) is 4. The molecule has 1 aromatic heterocycles. The minimum atomic E-state index is 0.725. The van der Waals surface area contributed by atoms with E-state index in [0.29, 0.717) is 0 Å². The number of ether oxygens (including phenoxy) is 1. The number of nitrogens with one attached hydrogen (secondary N) is 1. The lowest BCUT2D eigenvalue weighted by atomic mass is 10.1. The second kappa shape index (κ2) is 6.68. The predicted molar refractivity (Wildman–Crippen MR) is 82.6 cm³/mol. The minimum Gasteiger partial charge on any atom is -0.439 e. The average Bonchev–Trinajstić information content (AvgIpc) is 2.74. The van der Waals surface area contributed by atoms with E-state index in [-0.39, 0.29) is 0 Å². The summed E-state index contributed by atoms with van der Waals surface area (Å²) in [5, 5.41) is 3.15. The number of hydrogen-bond donors (Lipinski definition) is 1. The van der Waals surface area contributed by atoms with Gasteiger partial charge in [-0.3, -0.25) is 0 Å². The van der Waals surface area contributed by atoms with E-state index in [9.17, 15) is 0 Å². The number of fused-ring (bicyclic) bond motifs is 1. The fourth-order valence-corrected chi connectivity index (χ4v) is 2.79. The third-order valence-electron chi connectivity index (χ3n) is 3.83. The summed E-state index contributed by atoms with van der Waals surface area (Å²) < 4.78 is 6.04. The van der Waals surface area contributed by atoms with Gasteiger partial charge in [0, 0.05) is 12.1 Å². The maximum atomic E-state index is 6.04. The molecule has 0 radical (unpaired) electrons. The Bertz CT molecular complexity index is 613. The first kappa shape index (κ1) is 14.0. The number of aryl methyl sites for hydroxylation is 1. The van der Waals surface area contributed by atoms with Crippen molar-refractivity contribution in [2.45, 2.75) is 38.6 Å². The summed E-state index contributed by atoms with van der Waals surface area (Å²) in [7, 11) is 1.94. The third kappa shape index (κ3) is 3.39. The number of benzene rings is 1. The van der Waals surface area contributed by atoms with E-state index in [0.717, 1.165) is 36.7 Å². The van der Waals surface area contributed by atoms with Crippen LogP contribution in [0.3, 0.4) is 0 Å². The first-order valence-corrected chi connectivity index (χ1v) is 7.61. The molecule has 0 fully saturated rings. The molecule has 0 spiro atoms. The van der Waals surface area contributed by atoms with Crippen molar-refractivity contribution in [1.29, 1.82) is 0 Å². The quantitative estimate of drug-likeness (QED) is 0.875. The van der Waals surface area contributed by atoms with Gasteiger partial charge in [-0.15, -0.1) is 0 Å². The van der Waals surface area contributed by atoms with Gasteiger partial charge < -0.3 is 10.1 Å². The van der Waals surface area contributed by atoms with Crippen LogP contribution in [0.2, 0.25) is 0 Å². The molecular weight excluding hydrogens is 262 g/mol. The zero-order valence-electron chi connectivity index (χ0n) is 12.4. The van der Waals surface area contributed by atoms with E-state index in [1.54, 1.807) is 6.33 Å². The molecule has 4 nitrogen and oxygen atoms in total. The van der Waals surface area contributed by atoms with Gasteiger partial charge in [0.25, 0.3) is 0 Å². The van der Waals surface area contributed by atoms with Gasteiger partial charge in [-0.25, -0.2) is 9.97 Å². The SMILES string of the molecule is CNCc1cccc(Oc2ncnc3c2CCCCC3)c1. The zero-order valence-corrected chi connectivity index (χ0v) is 12.4. The Morgan fingerprint density at radius 1 is 1.14 bits per heavy atom. The Kier molecular flexibility index (Phi) is 4.46. The lowest BCUT2D eigenvalue weighted by Gasteiger charge is -2.12. The van der Waals surface area contributed by atoms with Crippen molar-refractivity contribution in [3.63, 3.8) is 0 Å². The van der Waals surface area contributed by atoms with Gasteiger partial charge in [-0.2, -0.15) is 0 Å². The molecule has 1 aliphatic rings. The highest BCUT2D eigenvalue weighted by atomic mass is 16.5. The van der Waals surface area contributed by atoms with Crippen LogP contribution in [-0.4, -0.2) is 17.0 Å². The van der Waals surface area contributed by atoms with Gasteiger partial charge in [-0.05, 0) is 50.4 Å². The van der Waals surface area contributed by atoms with Gasteiger partial charge in [0.1, 0.15) is 12.1 Å². The van der Waals surface area contributed by atoms with Crippen molar-refractivity contribution in [1.82, 2.24) is 15.3 Å². The molecular formula is C17H21N3O. The highest BCUT2D eigenvalue weighted by Crippen LogP contribution is 2.29. The molecule has 21 heavy (non-hydrogen) atoms. The second-order valence-corrected chi connectivity index (χ2v) is 5.44. The van der Waals surface area contributed by atoms with Crippen molar-refractivity contribution in [2.75, 3.05) is 7.05 Å². The molecule has 2 aromatic rings. The number of aromatic nitrogens is 2. The van der Waals surface area contributed by atoms with Crippen LogP contribution in [0.4, 0.5) is 0 Å². The van der Waals surface area contributed by atoms with E-state index in [1.165, 1.54) is 30.4 Å². The maximum Gasteiger partial charge on any atom is 0.225 e. The Morgan fingerprint density at radius 2 is 2.05 bits per heavy atom. The van der Waals surface area contributed by atoms with Crippen LogP contribution in [0, 0.1) is 0 Å². The molecule has 0 saturated carbocycles. The Balaban J connectivity index is 1.86. The highest BCUT2D eigenvalue weighted by molar-refractivity contribution is 5.37. The average molecular weight is 283 g/mol. The lowest BCUT2D eigenvalue weighted by molar-refractivity contribution is 0.452. The van der Waals surface area contributed by atoms with Crippen molar-refractivity contribution < 1.29 is 4.74 Å². The van der Waals surface area contributed by atoms with Crippen LogP contribution in [0.25, 0.3) is 0 Å². The standard InChI is InChI=1S/C17H21N3O/c1-18-11-13-6-5-7-14(10-13)21-17-15-8-3-2-4-9-16(15)19-12-20-17/h5-7,10,12,18H,2-4,8-9,11H2,1H3. The van der Waals surface area contributed by atoms with E-state index < -0.39 is 0 Å². The monoisotopic (exact) mass is 283 g/mol. The normalized spacial score (nSPS) is 14.3. The largest absolute Gasteiger partial charge is 0.439 e. The lowest BCUT2D eigenvalue weighted by Crippen LogP contribution is -2.05. The molecule has 0 saturated heterocycles. The predicted octanol–water partition coefficient (Wildman–Crippen LogP) is 3.26. The molecule has 0 bridgehead atoms. The maximum absolute atomic E-state index is 6.04. The van der Waals surface area contributed by atoms with Crippen LogP contribution in [-0.2, 0) is 19.4 Å². The summed E-state index contributed by atoms with van der Waals surface area (Å²) in [6, 6.07) is 8.14. The first-order chi connectivity index (χ1) is 10.4. The van der Waals surface area contributed by atoms with Gasteiger partial charge in [0.15, 0.2) is 0 Å². The highest BCUT2D eigenvalue weighted by Gasteiger charge is 2.15. The Morgan fingerprint density at radius 3 is 2.95 bits per heavy atom. The molecule has 0 unspecified atom stereocenters. The summed E-state index contributed by atoms with van der Waals surface area (Å²) in [5.74, 6) is 1.57. The number of rotatable bonds is 4. The topological polar surface area (TPSA) is 47.0 Å². The molecule has 0 amide bonds. The van der Waals surface area contributed by atoms with Crippen LogP contribution in [0.5, 0.6) is 11.6 Å². The zero-order chi connectivity index (χ0) is 14.5. The summed E-state index contributed by atoms with van der Waals surface area (Å²) in [6.07, 6.45) is 7.33. The molecule has 1 N–H and O–H groups in total. The van der Waals surface area contributed by atoms with E-state index in [1.807, 2.05) is 19.2 Å². The second-order valence-electron chi connectivity index (χ2n) is 5.44. The summed E-state index contributed by atoms with van der Waals surface area (Å²) >= 11 is 0. The van der Waals surface area contributed by atoms with Crippen LogP contribution in [0.15, 0.2) is 30.6 Å². The summed E-state index contributed by atoms with van der Waals surface area (Å²) in [5.41, 5.74) is 3.55.